The van der Waals surface area contributed by atoms with E-state index in [1.165, 1.54) is 4.90 Å². The topological polar surface area (TPSA) is 86.8 Å². The Labute approximate surface area is 214 Å². The number of carbonyl (C=O) groups is 2. The van der Waals surface area contributed by atoms with Crippen LogP contribution in [0.4, 0.5) is 5.69 Å². The zero-order valence-electron chi connectivity index (χ0n) is 19.1. The van der Waals surface area contributed by atoms with Gasteiger partial charge < -0.3 is 10.2 Å². The van der Waals surface area contributed by atoms with Crippen LogP contribution in [0, 0.1) is 3.57 Å². The quantitative estimate of drug-likeness (QED) is 0.414. The smallest absolute Gasteiger partial charge is 0.244 e. The predicted octanol–water partition coefficient (Wildman–Crippen LogP) is 4.04. The number of nitrogens with one attached hydrogen (secondary N) is 1. The summed E-state index contributed by atoms with van der Waals surface area (Å²) in [7, 11) is -3.76. The number of nitrogens with zero attached hydrogens (tertiary/aromatic N) is 2. The Kier molecular flexibility index (Phi) is 9.99. The van der Waals surface area contributed by atoms with E-state index in [1.54, 1.807) is 48.5 Å². The molecule has 2 aromatic rings. The highest BCUT2D eigenvalue weighted by molar-refractivity contribution is 14.1. The van der Waals surface area contributed by atoms with Gasteiger partial charge in [0.1, 0.15) is 12.6 Å². The van der Waals surface area contributed by atoms with E-state index in [4.69, 9.17) is 11.6 Å². The van der Waals surface area contributed by atoms with Gasteiger partial charge >= 0.3 is 0 Å². The number of hydrogen-bond donors (Lipinski definition) is 1. The molecule has 180 valence electrons. The molecule has 0 aliphatic carbocycles. The minimum absolute atomic E-state index is 0.0762. The lowest BCUT2D eigenvalue weighted by Gasteiger charge is -2.33. The van der Waals surface area contributed by atoms with E-state index in [0.29, 0.717) is 22.7 Å². The van der Waals surface area contributed by atoms with Crippen molar-refractivity contribution in [1.82, 2.24) is 10.2 Å². The molecule has 0 fully saturated rings. The van der Waals surface area contributed by atoms with E-state index >= 15 is 0 Å². The molecule has 2 amide bonds. The van der Waals surface area contributed by atoms with Gasteiger partial charge in [-0.15, -0.1) is 0 Å². The average Bonchev–Trinajstić information content (AvgIpc) is 2.72. The Bertz CT molecular complexity index is 1080. The summed E-state index contributed by atoms with van der Waals surface area (Å²) in [5, 5.41) is 3.32. The van der Waals surface area contributed by atoms with Crippen molar-refractivity contribution in [2.45, 2.75) is 45.8 Å². The van der Waals surface area contributed by atoms with Gasteiger partial charge in [-0.05, 0) is 78.8 Å². The second-order valence-electron chi connectivity index (χ2n) is 7.95. The molecule has 2 rings (SSSR count). The summed E-state index contributed by atoms with van der Waals surface area (Å²) in [5.74, 6) is -0.794. The second kappa shape index (κ2) is 12.0. The van der Waals surface area contributed by atoms with E-state index in [2.05, 4.69) is 27.9 Å². The van der Waals surface area contributed by atoms with Crippen LogP contribution in [0.15, 0.2) is 48.5 Å². The third kappa shape index (κ3) is 7.86. The Balaban J connectivity index is 2.44. The highest BCUT2D eigenvalue weighted by Crippen LogP contribution is 2.23. The second-order valence-corrected chi connectivity index (χ2v) is 11.5. The molecule has 0 saturated heterocycles. The molecule has 0 heterocycles. The maximum atomic E-state index is 13.5. The molecule has 1 unspecified atom stereocenters. The van der Waals surface area contributed by atoms with Crippen LogP contribution in [-0.4, -0.2) is 50.0 Å². The van der Waals surface area contributed by atoms with Crippen molar-refractivity contribution in [1.29, 1.82) is 0 Å². The summed E-state index contributed by atoms with van der Waals surface area (Å²) < 4.78 is 27.1. The largest absolute Gasteiger partial charge is 0.352 e. The van der Waals surface area contributed by atoms with Gasteiger partial charge in [0.25, 0.3) is 0 Å². The molecule has 0 spiro atoms. The highest BCUT2D eigenvalue weighted by atomic mass is 127. The average molecular weight is 606 g/mol. The molecule has 10 heteroatoms. The molecule has 0 bridgehead atoms. The fourth-order valence-electron chi connectivity index (χ4n) is 3.33. The van der Waals surface area contributed by atoms with Crippen LogP contribution in [0.5, 0.6) is 0 Å². The molecular formula is C23H29ClIN3O4S. The Morgan fingerprint density at radius 2 is 1.70 bits per heavy atom. The van der Waals surface area contributed by atoms with Gasteiger partial charge in [-0.25, -0.2) is 8.42 Å². The summed E-state index contributed by atoms with van der Waals surface area (Å²) >= 11 is 8.45. The van der Waals surface area contributed by atoms with E-state index in [1.807, 2.05) is 20.8 Å². The first kappa shape index (κ1) is 27.4. The summed E-state index contributed by atoms with van der Waals surface area (Å²) in [6, 6.07) is 13.0. The molecule has 0 radical (unpaired) electrons. The zero-order valence-corrected chi connectivity index (χ0v) is 22.8. The minimum Gasteiger partial charge on any atom is -0.352 e. The van der Waals surface area contributed by atoms with Crippen molar-refractivity contribution in [3.63, 3.8) is 0 Å². The number of rotatable bonds is 10. The number of benzene rings is 2. The molecular weight excluding hydrogens is 577 g/mol. The van der Waals surface area contributed by atoms with Gasteiger partial charge in [-0.2, -0.15) is 0 Å². The Hall–Kier alpha value is -1.85. The lowest BCUT2D eigenvalue weighted by Crippen LogP contribution is -2.53. The normalized spacial score (nSPS) is 12.3. The number of amides is 2. The first-order valence-corrected chi connectivity index (χ1v) is 13.8. The van der Waals surface area contributed by atoms with Crippen LogP contribution in [0.2, 0.25) is 5.02 Å². The third-order valence-electron chi connectivity index (χ3n) is 4.91. The standard InChI is InChI=1S/C23H29ClIN3O4S/c1-5-21(23(30)26-16(2)3)27(14-17-8-6-7-9-20(17)24)22(29)15-28(33(4,31)32)19-12-10-18(25)11-13-19/h6-13,16,21H,5,14-15H2,1-4H3,(H,26,30). The Morgan fingerprint density at radius 1 is 1.09 bits per heavy atom. The summed E-state index contributed by atoms with van der Waals surface area (Å²) in [4.78, 5) is 27.9. The molecule has 2 aromatic carbocycles. The van der Waals surface area contributed by atoms with E-state index in [9.17, 15) is 18.0 Å². The van der Waals surface area contributed by atoms with Gasteiger partial charge in [-0.1, -0.05) is 36.7 Å². The molecule has 1 N–H and O–H groups in total. The van der Waals surface area contributed by atoms with Crippen LogP contribution in [0.25, 0.3) is 0 Å². The highest BCUT2D eigenvalue weighted by Gasteiger charge is 2.32. The van der Waals surface area contributed by atoms with Crippen LogP contribution in [0.3, 0.4) is 0 Å². The first-order chi connectivity index (χ1) is 15.4. The Morgan fingerprint density at radius 3 is 2.21 bits per heavy atom. The summed E-state index contributed by atoms with van der Waals surface area (Å²) in [6.07, 6.45) is 1.41. The molecule has 0 saturated carbocycles. The van der Waals surface area contributed by atoms with Crippen LogP contribution in [0.1, 0.15) is 32.8 Å². The van der Waals surface area contributed by atoms with Crippen molar-refractivity contribution < 1.29 is 18.0 Å². The van der Waals surface area contributed by atoms with Crippen molar-refractivity contribution in [2.75, 3.05) is 17.1 Å². The molecule has 1 atom stereocenters. The van der Waals surface area contributed by atoms with E-state index in [-0.39, 0.29) is 18.5 Å². The minimum atomic E-state index is -3.76. The van der Waals surface area contributed by atoms with Crippen molar-refractivity contribution in [2.24, 2.45) is 0 Å². The van der Waals surface area contributed by atoms with Crippen LogP contribution < -0.4 is 9.62 Å². The first-order valence-electron chi connectivity index (χ1n) is 10.5. The number of anilines is 1. The van der Waals surface area contributed by atoms with E-state index < -0.39 is 28.5 Å². The molecule has 0 aliphatic heterocycles. The maximum absolute atomic E-state index is 13.5. The number of hydrogen-bond acceptors (Lipinski definition) is 4. The van der Waals surface area contributed by atoms with E-state index in [0.717, 1.165) is 14.1 Å². The number of halogens is 2. The fourth-order valence-corrected chi connectivity index (χ4v) is 4.74. The van der Waals surface area contributed by atoms with Gasteiger partial charge in [0.15, 0.2) is 0 Å². The molecule has 33 heavy (non-hydrogen) atoms. The maximum Gasteiger partial charge on any atom is 0.244 e. The monoisotopic (exact) mass is 605 g/mol. The molecule has 7 nitrogen and oxygen atoms in total. The lowest BCUT2D eigenvalue weighted by atomic mass is 10.1. The van der Waals surface area contributed by atoms with Gasteiger partial charge in [0.05, 0.1) is 11.9 Å². The van der Waals surface area contributed by atoms with Crippen molar-refractivity contribution >= 4 is 61.7 Å². The van der Waals surface area contributed by atoms with Gasteiger partial charge in [0, 0.05) is 21.2 Å². The summed E-state index contributed by atoms with van der Waals surface area (Å²) in [5.41, 5.74) is 1.05. The number of sulfonamides is 1. The third-order valence-corrected chi connectivity index (χ3v) is 7.14. The number of carbonyl (C=O) groups excluding carboxylic acids is 2. The molecule has 0 aromatic heterocycles. The summed E-state index contributed by atoms with van der Waals surface area (Å²) in [6.45, 7) is 5.13. The van der Waals surface area contributed by atoms with Gasteiger partial charge in [-0.3, -0.25) is 13.9 Å². The van der Waals surface area contributed by atoms with Crippen LogP contribution >= 0.6 is 34.2 Å². The predicted molar refractivity (Wildman–Crippen MR) is 141 cm³/mol. The fraction of sp³-hybridized carbons (Fsp3) is 0.391. The van der Waals surface area contributed by atoms with Crippen molar-refractivity contribution in [3.8, 4) is 0 Å². The van der Waals surface area contributed by atoms with Crippen LogP contribution in [-0.2, 0) is 26.2 Å². The lowest BCUT2D eigenvalue weighted by molar-refractivity contribution is -0.140. The molecule has 0 aliphatic rings. The van der Waals surface area contributed by atoms with Crippen molar-refractivity contribution in [3.05, 3.63) is 62.7 Å². The SMILES string of the molecule is CCC(C(=O)NC(C)C)N(Cc1ccccc1Cl)C(=O)CN(c1ccc(I)cc1)S(C)(=O)=O. The zero-order chi connectivity index (χ0) is 24.8. The van der Waals surface area contributed by atoms with Gasteiger partial charge in [0.2, 0.25) is 21.8 Å².